The van der Waals surface area contributed by atoms with Crippen molar-refractivity contribution in [3.8, 4) is 5.75 Å². The van der Waals surface area contributed by atoms with Crippen LogP contribution in [0.3, 0.4) is 0 Å². The van der Waals surface area contributed by atoms with Crippen LogP contribution in [0.1, 0.15) is 11.6 Å². The molecule has 0 radical (unpaired) electrons. The maximum Gasteiger partial charge on any atom is 0.258 e. The molecule has 0 aliphatic carbocycles. The van der Waals surface area contributed by atoms with Gasteiger partial charge in [-0.1, -0.05) is 46.3 Å². The van der Waals surface area contributed by atoms with Gasteiger partial charge in [0.25, 0.3) is 5.91 Å². The van der Waals surface area contributed by atoms with E-state index < -0.39 is 0 Å². The zero-order chi connectivity index (χ0) is 17.5. The van der Waals surface area contributed by atoms with Crippen molar-refractivity contribution >= 4 is 37.8 Å². The molecule has 128 valence electrons. The van der Waals surface area contributed by atoms with Crippen LogP contribution < -0.4 is 10.1 Å². The average molecular weight is 456 g/mol. The van der Waals surface area contributed by atoms with Gasteiger partial charge in [-0.05, 0) is 53.8 Å². The molecule has 1 amide bonds. The summed E-state index contributed by atoms with van der Waals surface area (Å²) in [5.74, 6) is 0.484. The molecule has 0 aromatic heterocycles. The van der Waals surface area contributed by atoms with Crippen molar-refractivity contribution in [2.75, 3.05) is 27.2 Å². The van der Waals surface area contributed by atoms with Gasteiger partial charge in [0.1, 0.15) is 5.75 Å². The Morgan fingerprint density at radius 2 is 1.88 bits per heavy atom. The SMILES string of the molecule is CN(C)CC(NC(=O)COc1ccc(Br)cc1Br)c1ccccc1. The van der Waals surface area contributed by atoms with Gasteiger partial charge in [-0.2, -0.15) is 0 Å². The van der Waals surface area contributed by atoms with Crippen molar-refractivity contribution < 1.29 is 9.53 Å². The molecule has 0 saturated carbocycles. The fraction of sp³-hybridized carbons (Fsp3) is 0.278. The molecule has 2 aromatic rings. The van der Waals surface area contributed by atoms with Gasteiger partial charge < -0.3 is 15.0 Å². The Balaban J connectivity index is 1.97. The first-order chi connectivity index (χ1) is 11.5. The molecule has 24 heavy (non-hydrogen) atoms. The number of halogens is 2. The molecule has 6 heteroatoms. The first kappa shape index (κ1) is 19.0. The van der Waals surface area contributed by atoms with E-state index in [2.05, 4.69) is 37.2 Å². The number of benzene rings is 2. The van der Waals surface area contributed by atoms with Gasteiger partial charge in [0.2, 0.25) is 0 Å². The van der Waals surface area contributed by atoms with Crippen LogP contribution in [0.4, 0.5) is 0 Å². The summed E-state index contributed by atoms with van der Waals surface area (Å²) in [5.41, 5.74) is 1.07. The highest BCUT2D eigenvalue weighted by molar-refractivity contribution is 9.11. The van der Waals surface area contributed by atoms with E-state index >= 15 is 0 Å². The number of nitrogens with one attached hydrogen (secondary N) is 1. The Morgan fingerprint density at radius 1 is 1.17 bits per heavy atom. The van der Waals surface area contributed by atoms with E-state index in [4.69, 9.17) is 4.74 Å². The summed E-state index contributed by atoms with van der Waals surface area (Å²) in [6.07, 6.45) is 0. The summed E-state index contributed by atoms with van der Waals surface area (Å²) < 4.78 is 7.35. The van der Waals surface area contributed by atoms with E-state index in [0.29, 0.717) is 5.75 Å². The van der Waals surface area contributed by atoms with Crippen LogP contribution in [0.5, 0.6) is 5.75 Å². The third-order valence-electron chi connectivity index (χ3n) is 3.34. The summed E-state index contributed by atoms with van der Waals surface area (Å²) in [6.45, 7) is 0.689. The van der Waals surface area contributed by atoms with Crippen molar-refractivity contribution in [3.05, 3.63) is 63.0 Å². The van der Waals surface area contributed by atoms with Crippen molar-refractivity contribution in [2.24, 2.45) is 0 Å². The zero-order valence-corrected chi connectivity index (χ0v) is 16.8. The van der Waals surface area contributed by atoms with E-state index in [1.165, 1.54) is 0 Å². The molecule has 1 N–H and O–H groups in total. The third kappa shape index (κ3) is 5.92. The molecule has 0 bridgehead atoms. The van der Waals surface area contributed by atoms with Gasteiger partial charge >= 0.3 is 0 Å². The number of ether oxygens (including phenoxy) is 1. The van der Waals surface area contributed by atoms with Crippen LogP contribution in [0.15, 0.2) is 57.5 Å². The maximum atomic E-state index is 12.3. The first-order valence-corrected chi connectivity index (χ1v) is 9.11. The summed E-state index contributed by atoms with van der Waals surface area (Å²) in [5, 5.41) is 3.04. The number of hydrogen-bond acceptors (Lipinski definition) is 3. The highest BCUT2D eigenvalue weighted by atomic mass is 79.9. The van der Waals surface area contributed by atoms with Gasteiger partial charge in [0.05, 0.1) is 10.5 Å². The second kappa shape index (κ2) is 9.20. The number of hydrogen-bond donors (Lipinski definition) is 1. The molecule has 0 aliphatic rings. The summed E-state index contributed by atoms with van der Waals surface area (Å²) >= 11 is 6.81. The predicted molar refractivity (Wildman–Crippen MR) is 103 cm³/mol. The highest BCUT2D eigenvalue weighted by Crippen LogP contribution is 2.28. The molecule has 4 nitrogen and oxygen atoms in total. The lowest BCUT2D eigenvalue weighted by molar-refractivity contribution is -0.124. The molecule has 0 fully saturated rings. The number of rotatable bonds is 7. The Bertz CT molecular complexity index is 678. The fourth-order valence-corrected chi connectivity index (χ4v) is 3.42. The van der Waals surface area contributed by atoms with Crippen molar-refractivity contribution in [1.29, 1.82) is 0 Å². The van der Waals surface area contributed by atoms with E-state index in [1.54, 1.807) is 0 Å². The lowest BCUT2D eigenvalue weighted by Crippen LogP contribution is -2.37. The second-order valence-electron chi connectivity index (χ2n) is 5.66. The Hall–Kier alpha value is -1.37. The van der Waals surface area contributed by atoms with E-state index in [1.807, 2.05) is 67.5 Å². The third-order valence-corrected chi connectivity index (χ3v) is 4.45. The maximum absolute atomic E-state index is 12.3. The second-order valence-corrected chi connectivity index (χ2v) is 7.43. The van der Waals surface area contributed by atoms with Gasteiger partial charge in [-0.3, -0.25) is 4.79 Å². The van der Waals surface area contributed by atoms with E-state index in [9.17, 15) is 4.79 Å². The largest absolute Gasteiger partial charge is 0.483 e. The van der Waals surface area contributed by atoms with Crippen molar-refractivity contribution in [2.45, 2.75) is 6.04 Å². The Morgan fingerprint density at radius 3 is 2.50 bits per heavy atom. The number of amides is 1. The smallest absolute Gasteiger partial charge is 0.258 e. The minimum atomic E-state index is -0.152. The minimum absolute atomic E-state index is 0.0308. The number of carbonyl (C=O) groups is 1. The summed E-state index contributed by atoms with van der Waals surface area (Å²) in [6, 6.07) is 15.4. The van der Waals surface area contributed by atoms with Crippen molar-refractivity contribution in [3.63, 3.8) is 0 Å². The van der Waals surface area contributed by atoms with E-state index in [0.717, 1.165) is 21.1 Å². The highest BCUT2D eigenvalue weighted by Gasteiger charge is 2.16. The average Bonchev–Trinajstić information content (AvgIpc) is 2.54. The van der Waals surface area contributed by atoms with Crippen LogP contribution in [0.2, 0.25) is 0 Å². The van der Waals surface area contributed by atoms with Gasteiger partial charge in [0, 0.05) is 11.0 Å². The van der Waals surface area contributed by atoms with Crippen LogP contribution in [0, 0.1) is 0 Å². The summed E-state index contributed by atoms with van der Waals surface area (Å²) in [4.78, 5) is 14.3. The predicted octanol–water partition coefficient (Wildman–Crippen LogP) is 4.01. The van der Waals surface area contributed by atoms with Crippen LogP contribution in [0.25, 0.3) is 0 Å². The monoisotopic (exact) mass is 454 g/mol. The lowest BCUT2D eigenvalue weighted by atomic mass is 10.1. The van der Waals surface area contributed by atoms with Gasteiger partial charge in [0.15, 0.2) is 6.61 Å². The van der Waals surface area contributed by atoms with Crippen LogP contribution >= 0.6 is 31.9 Å². The quantitative estimate of drug-likeness (QED) is 0.685. The molecule has 2 rings (SSSR count). The number of carbonyl (C=O) groups excluding carboxylic acids is 1. The molecule has 2 aromatic carbocycles. The summed E-state index contributed by atoms with van der Waals surface area (Å²) in [7, 11) is 3.97. The van der Waals surface area contributed by atoms with Gasteiger partial charge in [-0.25, -0.2) is 0 Å². The Labute approximate surface area is 159 Å². The molecule has 0 aliphatic heterocycles. The molecular weight excluding hydrogens is 436 g/mol. The van der Waals surface area contributed by atoms with Crippen molar-refractivity contribution in [1.82, 2.24) is 10.2 Å². The van der Waals surface area contributed by atoms with E-state index in [-0.39, 0.29) is 18.6 Å². The zero-order valence-electron chi connectivity index (χ0n) is 13.6. The molecular formula is C18H20Br2N2O2. The molecule has 0 saturated heterocycles. The Kier molecular flexibility index (Phi) is 7.27. The fourth-order valence-electron chi connectivity index (χ4n) is 2.26. The number of likely N-dealkylation sites (N-methyl/N-ethyl adjacent to an activating group) is 1. The molecule has 0 heterocycles. The van der Waals surface area contributed by atoms with Crippen LogP contribution in [-0.4, -0.2) is 38.1 Å². The topological polar surface area (TPSA) is 41.6 Å². The van der Waals surface area contributed by atoms with Gasteiger partial charge in [-0.15, -0.1) is 0 Å². The standard InChI is InChI=1S/C18H20Br2N2O2/c1-22(2)11-16(13-6-4-3-5-7-13)21-18(23)12-24-17-9-8-14(19)10-15(17)20/h3-10,16H,11-12H2,1-2H3,(H,21,23). The lowest BCUT2D eigenvalue weighted by Gasteiger charge is -2.23. The molecule has 0 spiro atoms. The van der Waals surface area contributed by atoms with Crippen LogP contribution in [-0.2, 0) is 4.79 Å². The number of nitrogens with zero attached hydrogens (tertiary/aromatic N) is 1. The minimum Gasteiger partial charge on any atom is -0.483 e. The molecule has 1 atom stereocenters. The normalized spacial score (nSPS) is 12.0. The first-order valence-electron chi connectivity index (χ1n) is 7.52. The molecule has 1 unspecified atom stereocenters.